The van der Waals surface area contributed by atoms with E-state index in [-0.39, 0.29) is 29.2 Å². The van der Waals surface area contributed by atoms with Gasteiger partial charge in [-0.2, -0.15) is 18.2 Å². The van der Waals surface area contributed by atoms with E-state index in [1.165, 1.54) is 23.9 Å². The van der Waals surface area contributed by atoms with Crippen molar-refractivity contribution in [2.24, 2.45) is 5.92 Å². The minimum absolute atomic E-state index is 0.0506. The lowest BCUT2D eigenvalue weighted by Crippen LogP contribution is -2.13. The van der Waals surface area contributed by atoms with E-state index in [9.17, 15) is 18.0 Å². The topological polar surface area (TPSA) is 78.3 Å². The number of anilines is 1. The van der Waals surface area contributed by atoms with Crippen LogP contribution in [0.1, 0.15) is 29.8 Å². The molecule has 1 heterocycles. The van der Waals surface area contributed by atoms with Crippen LogP contribution < -0.4 is 14.8 Å². The van der Waals surface area contributed by atoms with Crippen molar-refractivity contribution in [1.82, 2.24) is 14.8 Å². The fraction of sp³-hybridized carbons (Fsp3) is 0.222. The average Bonchev–Trinajstić information content (AvgIpc) is 3.32. The highest BCUT2D eigenvalue weighted by molar-refractivity contribution is 6.06. The Morgan fingerprint density at radius 3 is 2.43 bits per heavy atom. The van der Waals surface area contributed by atoms with Crippen molar-refractivity contribution < 1.29 is 27.4 Å². The SMILES string of the molecule is COc1ccccc1C(=O)Nc1ccc(-n2nc(OCC(C)C)nc2-c2cccc(C(F)(F)F)c2)cc1. The molecule has 1 aromatic heterocycles. The summed E-state index contributed by atoms with van der Waals surface area (Å²) in [5, 5.41) is 7.19. The number of nitrogens with one attached hydrogen (secondary N) is 1. The fourth-order valence-electron chi connectivity index (χ4n) is 3.51. The van der Waals surface area contributed by atoms with Gasteiger partial charge in [0.15, 0.2) is 5.82 Å². The second-order valence-corrected chi connectivity index (χ2v) is 8.61. The van der Waals surface area contributed by atoms with Crippen LogP contribution in [0.15, 0.2) is 72.8 Å². The van der Waals surface area contributed by atoms with Crippen molar-refractivity contribution in [2.75, 3.05) is 19.0 Å². The number of alkyl halides is 3. The lowest BCUT2D eigenvalue weighted by Gasteiger charge is -2.11. The molecule has 3 aromatic carbocycles. The predicted octanol–water partition coefficient (Wildman–Crippen LogP) is 6.25. The fourth-order valence-corrected chi connectivity index (χ4v) is 3.51. The first-order chi connectivity index (χ1) is 17.7. The van der Waals surface area contributed by atoms with Gasteiger partial charge in [-0.05, 0) is 54.4 Å². The van der Waals surface area contributed by atoms with Gasteiger partial charge in [-0.15, -0.1) is 5.10 Å². The van der Waals surface area contributed by atoms with E-state index in [2.05, 4.69) is 15.4 Å². The zero-order valence-corrected chi connectivity index (χ0v) is 20.4. The van der Waals surface area contributed by atoms with Crippen LogP contribution >= 0.6 is 0 Å². The Morgan fingerprint density at radius 2 is 1.76 bits per heavy atom. The van der Waals surface area contributed by atoms with Crippen LogP contribution in [0.3, 0.4) is 0 Å². The maximum atomic E-state index is 13.3. The Bertz CT molecular complexity index is 1380. The summed E-state index contributed by atoms with van der Waals surface area (Å²) in [6.45, 7) is 4.27. The number of ether oxygens (including phenoxy) is 2. The third-order valence-electron chi connectivity index (χ3n) is 5.30. The van der Waals surface area contributed by atoms with Crippen LogP contribution in [0.5, 0.6) is 11.8 Å². The van der Waals surface area contributed by atoms with Gasteiger partial charge in [-0.3, -0.25) is 4.79 Å². The molecule has 4 aromatic rings. The maximum Gasteiger partial charge on any atom is 0.416 e. The molecule has 192 valence electrons. The van der Waals surface area contributed by atoms with Gasteiger partial charge < -0.3 is 14.8 Å². The number of amides is 1. The molecule has 7 nitrogen and oxygen atoms in total. The van der Waals surface area contributed by atoms with Crippen molar-refractivity contribution in [1.29, 1.82) is 0 Å². The van der Waals surface area contributed by atoms with Crippen LogP contribution in [0.4, 0.5) is 18.9 Å². The standard InChI is InChI=1S/C27H25F3N4O3/c1-17(2)16-37-26-32-24(18-7-6-8-19(15-18)27(28,29)30)34(33-26)21-13-11-20(12-14-21)31-25(35)22-9-4-5-10-23(22)36-3/h4-15,17H,16H2,1-3H3,(H,31,35). The molecule has 0 saturated carbocycles. The highest BCUT2D eigenvalue weighted by atomic mass is 19.4. The molecule has 10 heteroatoms. The van der Waals surface area contributed by atoms with Crippen molar-refractivity contribution >= 4 is 11.6 Å². The first-order valence-corrected chi connectivity index (χ1v) is 11.5. The average molecular weight is 511 g/mol. The van der Waals surface area contributed by atoms with E-state index in [0.717, 1.165) is 12.1 Å². The lowest BCUT2D eigenvalue weighted by atomic mass is 10.1. The molecule has 1 amide bonds. The number of halogens is 3. The van der Waals surface area contributed by atoms with E-state index in [1.807, 2.05) is 13.8 Å². The predicted molar refractivity (Wildman–Crippen MR) is 133 cm³/mol. The first-order valence-electron chi connectivity index (χ1n) is 11.5. The summed E-state index contributed by atoms with van der Waals surface area (Å²) in [5.74, 6) is 0.490. The summed E-state index contributed by atoms with van der Waals surface area (Å²) in [7, 11) is 1.49. The lowest BCUT2D eigenvalue weighted by molar-refractivity contribution is -0.137. The molecular weight excluding hydrogens is 485 g/mol. The first kappa shape index (κ1) is 25.7. The van der Waals surface area contributed by atoms with Crippen molar-refractivity contribution in [3.63, 3.8) is 0 Å². The zero-order valence-electron chi connectivity index (χ0n) is 20.4. The van der Waals surface area contributed by atoms with Gasteiger partial charge in [0, 0.05) is 11.3 Å². The molecule has 1 N–H and O–H groups in total. The molecule has 0 atom stereocenters. The van der Waals surface area contributed by atoms with Crippen LogP contribution in [-0.2, 0) is 6.18 Å². The van der Waals surface area contributed by atoms with Crippen LogP contribution in [0.25, 0.3) is 17.1 Å². The Kier molecular flexibility index (Phi) is 7.47. The largest absolute Gasteiger partial charge is 0.496 e. The molecule has 0 bridgehead atoms. The van der Waals surface area contributed by atoms with E-state index < -0.39 is 11.7 Å². The second kappa shape index (κ2) is 10.7. The number of carbonyl (C=O) groups excluding carboxylic acids is 1. The van der Waals surface area contributed by atoms with E-state index in [1.54, 1.807) is 48.5 Å². The Hall–Kier alpha value is -4.34. The Morgan fingerprint density at radius 1 is 1.03 bits per heavy atom. The number of para-hydroxylation sites is 1. The number of rotatable bonds is 8. The molecule has 0 radical (unpaired) electrons. The molecular formula is C27H25F3N4O3. The molecule has 0 unspecified atom stereocenters. The molecule has 0 saturated heterocycles. The number of hydrogen-bond donors (Lipinski definition) is 1. The number of nitrogens with zero attached hydrogens (tertiary/aromatic N) is 3. The van der Waals surface area contributed by atoms with Gasteiger partial charge in [-0.1, -0.05) is 38.1 Å². The number of benzene rings is 3. The van der Waals surface area contributed by atoms with Gasteiger partial charge in [0.2, 0.25) is 0 Å². The Labute approximate surface area is 211 Å². The normalized spacial score (nSPS) is 11.4. The number of methoxy groups -OCH3 is 1. The van der Waals surface area contributed by atoms with Gasteiger partial charge >= 0.3 is 12.2 Å². The number of aromatic nitrogens is 3. The third kappa shape index (κ3) is 6.08. The van der Waals surface area contributed by atoms with E-state index in [4.69, 9.17) is 9.47 Å². The number of hydrogen-bond acceptors (Lipinski definition) is 5. The minimum atomic E-state index is -4.50. The smallest absolute Gasteiger partial charge is 0.416 e. The van der Waals surface area contributed by atoms with Crippen LogP contribution in [-0.4, -0.2) is 34.4 Å². The van der Waals surface area contributed by atoms with Gasteiger partial charge in [0.05, 0.1) is 30.5 Å². The highest BCUT2D eigenvalue weighted by Gasteiger charge is 2.31. The molecule has 0 aliphatic carbocycles. The third-order valence-corrected chi connectivity index (χ3v) is 5.30. The molecule has 0 fully saturated rings. The summed E-state index contributed by atoms with van der Waals surface area (Å²) >= 11 is 0. The monoisotopic (exact) mass is 510 g/mol. The Balaban J connectivity index is 1.65. The number of carbonyl (C=O) groups is 1. The van der Waals surface area contributed by atoms with Crippen molar-refractivity contribution in [3.8, 4) is 28.8 Å². The molecule has 0 spiro atoms. The van der Waals surface area contributed by atoms with Gasteiger partial charge in [0.1, 0.15) is 5.75 Å². The van der Waals surface area contributed by atoms with Crippen LogP contribution in [0.2, 0.25) is 0 Å². The van der Waals surface area contributed by atoms with E-state index in [0.29, 0.717) is 29.3 Å². The van der Waals surface area contributed by atoms with Crippen molar-refractivity contribution in [3.05, 3.63) is 83.9 Å². The zero-order chi connectivity index (χ0) is 26.6. The molecule has 37 heavy (non-hydrogen) atoms. The summed E-state index contributed by atoms with van der Waals surface area (Å²) in [4.78, 5) is 17.1. The molecule has 0 aliphatic heterocycles. The molecule has 0 aliphatic rings. The summed E-state index contributed by atoms with van der Waals surface area (Å²) < 4.78 is 52.3. The van der Waals surface area contributed by atoms with E-state index >= 15 is 0 Å². The molecule has 4 rings (SSSR count). The van der Waals surface area contributed by atoms with Crippen LogP contribution in [0, 0.1) is 5.92 Å². The summed E-state index contributed by atoms with van der Waals surface area (Å²) in [6.07, 6.45) is -4.50. The second-order valence-electron chi connectivity index (χ2n) is 8.61. The van der Waals surface area contributed by atoms with Crippen molar-refractivity contribution in [2.45, 2.75) is 20.0 Å². The summed E-state index contributed by atoms with van der Waals surface area (Å²) in [5.41, 5.74) is 0.851. The summed E-state index contributed by atoms with van der Waals surface area (Å²) in [6, 6.07) is 18.4. The quantitative estimate of drug-likeness (QED) is 0.303. The minimum Gasteiger partial charge on any atom is -0.496 e. The van der Waals surface area contributed by atoms with Gasteiger partial charge in [0.25, 0.3) is 5.91 Å². The highest BCUT2D eigenvalue weighted by Crippen LogP contribution is 2.33. The van der Waals surface area contributed by atoms with Gasteiger partial charge in [-0.25, -0.2) is 4.68 Å². The maximum absolute atomic E-state index is 13.3.